The lowest BCUT2D eigenvalue weighted by Gasteiger charge is -2.39. The van der Waals surface area contributed by atoms with Crippen molar-refractivity contribution < 1.29 is 9.53 Å². The van der Waals surface area contributed by atoms with Crippen LogP contribution in [0.1, 0.15) is 45.4 Å². The fourth-order valence-electron chi connectivity index (χ4n) is 3.88. The molecular weight excluding hydrogens is 342 g/mol. The highest BCUT2D eigenvalue weighted by Gasteiger charge is 2.42. The van der Waals surface area contributed by atoms with Crippen LogP contribution in [-0.2, 0) is 11.3 Å². The molecule has 2 saturated heterocycles. The molecule has 2 aliphatic heterocycles. The fourth-order valence-corrected chi connectivity index (χ4v) is 3.88. The summed E-state index contributed by atoms with van der Waals surface area (Å²) in [6, 6.07) is -0.0903. The summed E-state index contributed by atoms with van der Waals surface area (Å²) in [6.45, 7) is 8.57. The van der Waals surface area contributed by atoms with E-state index in [-0.39, 0.29) is 17.7 Å². The molecule has 150 valence electrons. The molecule has 1 unspecified atom stereocenters. The van der Waals surface area contributed by atoms with E-state index in [0.29, 0.717) is 13.1 Å². The number of H-pyrrole nitrogens is 1. The van der Waals surface area contributed by atoms with Crippen LogP contribution in [0.15, 0.2) is 24.0 Å². The van der Waals surface area contributed by atoms with Crippen molar-refractivity contribution in [2.45, 2.75) is 57.8 Å². The molecule has 0 bridgehead atoms. The highest BCUT2D eigenvalue weighted by atomic mass is 16.5. The SMILES string of the molecule is CC(C)=CCN1CCC2(CCC(CNC(=O)N(C)Cc3ncc[nH]3)O2)CC1. The lowest BCUT2D eigenvalue weighted by Crippen LogP contribution is -2.45. The van der Waals surface area contributed by atoms with Gasteiger partial charge in [0.05, 0.1) is 18.2 Å². The maximum atomic E-state index is 12.3. The molecule has 1 spiro atoms. The first kappa shape index (κ1) is 19.9. The molecule has 0 aliphatic carbocycles. The van der Waals surface area contributed by atoms with Crippen LogP contribution in [0.5, 0.6) is 0 Å². The average Bonchev–Trinajstić information content (AvgIpc) is 3.29. The fraction of sp³-hybridized carbons (Fsp3) is 0.700. The molecule has 0 radical (unpaired) electrons. The minimum Gasteiger partial charge on any atom is -0.370 e. The van der Waals surface area contributed by atoms with Gasteiger partial charge in [-0.1, -0.05) is 11.6 Å². The summed E-state index contributed by atoms with van der Waals surface area (Å²) >= 11 is 0. The first-order chi connectivity index (χ1) is 13.0. The van der Waals surface area contributed by atoms with Gasteiger partial charge in [-0.05, 0) is 39.5 Å². The molecule has 2 fully saturated rings. The van der Waals surface area contributed by atoms with Gasteiger partial charge in [-0.3, -0.25) is 4.90 Å². The summed E-state index contributed by atoms with van der Waals surface area (Å²) < 4.78 is 6.41. The number of rotatable bonds is 6. The first-order valence-electron chi connectivity index (χ1n) is 9.96. The van der Waals surface area contributed by atoms with E-state index in [0.717, 1.165) is 51.1 Å². The predicted molar refractivity (Wildman–Crippen MR) is 105 cm³/mol. The highest BCUT2D eigenvalue weighted by molar-refractivity contribution is 5.73. The number of urea groups is 1. The monoisotopic (exact) mass is 375 g/mol. The van der Waals surface area contributed by atoms with E-state index in [4.69, 9.17) is 4.74 Å². The molecule has 0 aromatic carbocycles. The number of hydrogen-bond donors (Lipinski definition) is 2. The van der Waals surface area contributed by atoms with E-state index in [1.54, 1.807) is 24.3 Å². The zero-order valence-electron chi connectivity index (χ0n) is 16.8. The van der Waals surface area contributed by atoms with Crippen LogP contribution in [0.3, 0.4) is 0 Å². The standard InChI is InChI=1S/C20H33N5O2/c1-16(2)5-11-25-12-7-20(8-13-25)6-4-17(27-20)14-23-19(26)24(3)15-18-21-9-10-22-18/h5,9-10,17H,4,6-8,11-15H2,1-3H3,(H,21,22)(H,23,26). The maximum Gasteiger partial charge on any atom is 0.317 e. The second-order valence-corrected chi connectivity index (χ2v) is 8.12. The van der Waals surface area contributed by atoms with Crippen molar-refractivity contribution >= 4 is 6.03 Å². The summed E-state index contributed by atoms with van der Waals surface area (Å²) in [6.07, 6.45) is 10.2. The van der Waals surface area contributed by atoms with Crippen molar-refractivity contribution in [3.8, 4) is 0 Å². The Balaban J connectivity index is 1.38. The van der Waals surface area contributed by atoms with Gasteiger partial charge in [-0.15, -0.1) is 0 Å². The summed E-state index contributed by atoms with van der Waals surface area (Å²) in [5.41, 5.74) is 1.40. The van der Waals surface area contributed by atoms with Crippen molar-refractivity contribution in [1.29, 1.82) is 0 Å². The Labute approximate surface area is 162 Å². The van der Waals surface area contributed by atoms with E-state index in [9.17, 15) is 4.79 Å². The van der Waals surface area contributed by atoms with Crippen LogP contribution in [-0.4, -0.2) is 70.7 Å². The number of ether oxygens (including phenoxy) is 1. The summed E-state index contributed by atoms with van der Waals surface area (Å²) in [7, 11) is 1.77. The van der Waals surface area contributed by atoms with Crippen molar-refractivity contribution in [3.05, 3.63) is 29.9 Å². The summed E-state index contributed by atoms with van der Waals surface area (Å²) in [5.74, 6) is 0.781. The third-order valence-electron chi connectivity index (χ3n) is 5.63. The van der Waals surface area contributed by atoms with Gasteiger partial charge >= 0.3 is 6.03 Å². The predicted octanol–water partition coefficient (Wildman–Crippen LogP) is 2.53. The van der Waals surface area contributed by atoms with Gasteiger partial charge in [-0.2, -0.15) is 0 Å². The topological polar surface area (TPSA) is 73.5 Å². The van der Waals surface area contributed by atoms with Gasteiger partial charge in [0.2, 0.25) is 0 Å². The van der Waals surface area contributed by atoms with Gasteiger partial charge in [0, 0.05) is 45.6 Å². The third-order valence-corrected chi connectivity index (χ3v) is 5.63. The zero-order chi connectivity index (χ0) is 19.3. The molecule has 27 heavy (non-hydrogen) atoms. The number of nitrogens with zero attached hydrogens (tertiary/aromatic N) is 3. The summed E-state index contributed by atoms with van der Waals surface area (Å²) in [5, 5.41) is 3.00. The van der Waals surface area contributed by atoms with E-state index < -0.39 is 0 Å². The Hall–Kier alpha value is -1.86. The second kappa shape index (κ2) is 8.89. The number of piperidine rings is 1. The minimum atomic E-state index is -0.0903. The Bertz CT molecular complexity index is 631. The molecule has 7 nitrogen and oxygen atoms in total. The maximum absolute atomic E-state index is 12.3. The smallest absolute Gasteiger partial charge is 0.317 e. The average molecular weight is 376 g/mol. The van der Waals surface area contributed by atoms with E-state index >= 15 is 0 Å². The Morgan fingerprint density at radius 3 is 2.89 bits per heavy atom. The van der Waals surface area contributed by atoms with Gasteiger partial charge in [0.1, 0.15) is 5.82 Å². The van der Waals surface area contributed by atoms with Crippen LogP contribution >= 0.6 is 0 Å². The molecular formula is C20H33N5O2. The van der Waals surface area contributed by atoms with Gasteiger partial charge < -0.3 is 19.9 Å². The largest absolute Gasteiger partial charge is 0.370 e. The highest BCUT2D eigenvalue weighted by Crippen LogP contribution is 2.38. The Morgan fingerprint density at radius 1 is 1.44 bits per heavy atom. The van der Waals surface area contributed by atoms with E-state index in [1.165, 1.54) is 5.57 Å². The normalized spacial score (nSPS) is 22.0. The lowest BCUT2D eigenvalue weighted by molar-refractivity contribution is -0.0740. The molecule has 7 heteroatoms. The number of hydrogen-bond acceptors (Lipinski definition) is 4. The molecule has 1 aromatic heterocycles. The van der Waals surface area contributed by atoms with E-state index in [2.05, 4.69) is 40.1 Å². The Morgan fingerprint density at radius 2 is 2.22 bits per heavy atom. The quantitative estimate of drug-likeness (QED) is 0.750. The molecule has 1 aromatic rings. The van der Waals surface area contributed by atoms with Gasteiger partial charge in [0.25, 0.3) is 0 Å². The molecule has 2 amide bonds. The minimum absolute atomic E-state index is 0.0247. The van der Waals surface area contributed by atoms with Crippen LogP contribution < -0.4 is 5.32 Å². The molecule has 3 heterocycles. The van der Waals surface area contributed by atoms with Crippen molar-refractivity contribution in [2.75, 3.05) is 33.2 Å². The molecule has 2 aliphatic rings. The molecule has 3 rings (SSSR count). The number of likely N-dealkylation sites (tertiary alicyclic amines) is 1. The van der Waals surface area contributed by atoms with Gasteiger partial charge in [-0.25, -0.2) is 9.78 Å². The number of aromatic amines is 1. The zero-order valence-corrected chi connectivity index (χ0v) is 16.8. The van der Waals surface area contributed by atoms with Crippen LogP contribution in [0.25, 0.3) is 0 Å². The molecule has 1 atom stereocenters. The molecule has 0 saturated carbocycles. The van der Waals surface area contributed by atoms with E-state index in [1.807, 2.05) is 0 Å². The number of carbonyl (C=O) groups is 1. The molecule has 2 N–H and O–H groups in total. The summed E-state index contributed by atoms with van der Waals surface area (Å²) in [4.78, 5) is 23.6. The van der Waals surface area contributed by atoms with Crippen LogP contribution in [0.4, 0.5) is 4.79 Å². The first-order valence-corrected chi connectivity index (χ1v) is 9.96. The number of imidazole rings is 1. The van der Waals surface area contributed by atoms with Gasteiger partial charge in [0.15, 0.2) is 0 Å². The van der Waals surface area contributed by atoms with Crippen molar-refractivity contribution in [2.24, 2.45) is 0 Å². The van der Waals surface area contributed by atoms with Crippen molar-refractivity contribution in [1.82, 2.24) is 25.1 Å². The van der Waals surface area contributed by atoms with Crippen LogP contribution in [0.2, 0.25) is 0 Å². The lowest BCUT2D eigenvalue weighted by atomic mass is 9.88. The number of allylic oxidation sites excluding steroid dienone is 1. The number of amides is 2. The third kappa shape index (κ3) is 5.56. The number of aromatic nitrogens is 2. The number of nitrogens with one attached hydrogen (secondary N) is 2. The number of carbonyl (C=O) groups excluding carboxylic acids is 1. The van der Waals surface area contributed by atoms with Crippen LogP contribution in [0, 0.1) is 0 Å². The van der Waals surface area contributed by atoms with Crippen molar-refractivity contribution in [3.63, 3.8) is 0 Å². The second-order valence-electron chi connectivity index (χ2n) is 8.12. The Kier molecular flexibility index (Phi) is 6.55.